The molecule has 10 heteroatoms. The van der Waals surface area contributed by atoms with Crippen molar-refractivity contribution in [2.75, 3.05) is 37.1 Å². The number of thioether (sulfide) groups is 1. The van der Waals surface area contributed by atoms with E-state index in [1.807, 2.05) is 36.0 Å². The van der Waals surface area contributed by atoms with E-state index in [1.54, 1.807) is 23.1 Å². The smallest absolute Gasteiger partial charge is 0.138 e. The second kappa shape index (κ2) is 10.5. The molecule has 2 aliphatic rings. The zero-order valence-electron chi connectivity index (χ0n) is 19.6. The topological polar surface area (TPSA) is 85.1 Å². The van der Waals surface area contributed by atoms with Gasteiger partial charge in [-0.15, -0.1) is 11.8 Å². The van der Waals surface area contributed by atoms with Gasteiger partial charge in [0.15, 0.2) is 0 Å². The predicted molar refractivity (Wildman–Crippen MR) is 138 cm³/mol. The molecule has 1 aromatic heterocycles. The fraction of sp³-hybridized carbons (Fsp3) is 0.320. The van der Waals surface area contributed by atoms with Gasteiger partial charge in [-0.2, -0.15) is 5.10 Å². The van der Waals surface area contributed by atoms with Crippen LogP contribution in [0, 0.1) is 11.2 Å². The minimum absolute atomic E-state index is 0.275. The molecule has 0 radical (unpaired) electrons. The van der Waals surface area contributed by atoms with Crippen molar-refractivity contribution in [2.45, 2.75) is 19.0 Å². The van der Waals surface area contributed by atoms with Crippen LogP contribution in [-0.4, -0.2) is 68.2 Å². The van der Waals surface area contributed by atoms with Crippen molar-refractivity contribution in [1.82, 2.24) is 29.9 Å². The van der Waals surface area contributed by atoms with Crippen LogP contribution in [0.15, 0.2) is 72.6 Å². The number of benzene rings is 2. The summed E-state index contributed by atoms with van der Waals surface area (Å²) in [6, 6.07) is 14.8. The molecule has 3 N–H and O–H groups in total. The highest BCUT2D eigenvalue weighted by Gasteiger charge is 2.32. The summed E-state index contributed by atoms with van der Waals surface area (Å²) in [5, 5.41) is 20.1. The lowest BCUT2D eigenvalue weighted by molar-refractivity contribution is 0.331. The number of likely N-dealkylation sites (N-methyl/N-ethyl adjacent to an activating group) is 1. The number of nitrogens with zero attached hydrogens (tertiary/aromatic N) is 5. The van der Waals surface area contributed by atoms with Crippen LogP contribution >= 0.6 is 11.8 Å². The van der Waals surface area contributed by atoms with Crippen LogP contribution in [0.3, 0.4) is 0 Å². The Hall–Kier alpha value is -3.37. The van der Waals surface area contributed by atoms with Crippen molar-refractivity contribution in [3.63, 3.8) is 0 Å². The molecule has 0 saturated carbocycles. The molecule has 2 saturated heterocycles. The van der Waals surface area contributed by atoms with Gasteiger partial charge in [0.25, 0.3) is 0 Å². The van der Waals surface area contributed by atoms with Crippen molar-refractivity contribution >= 4 is 23.3 Å². The van der Waals surface area contributed by atoms with Gasteiger partial charge in [0.1, 0.15) is 30.1 Å². The molecular formula is C25H29FN8S. The molecule has 2 aliphatic heterocycles. The number of anilines is 1. The van der Waals surface area contributed by atoms with Crippen molar-refractivity contribution in [3.8, 4) is 5.69 Å². The molecule has 182 valence electrons. The van der Waals surface area contributed by atoms with Gasteiger partial charge in [-0.1, -0.05) is 12.1 Å². The Bertz CT molecular complexity index is 1180. The zero-order chi connectivity index (χ0) is 24.2. The van der Waals surface area contributed by atoms with E-state index in [9.17, 15) is 4.39 Å². The number of aromatic nitrogens is 3. The Balaban J connectivity index is 1.37. The minimum Gasteiger partial charge on any atom is -0.367 e. The summed E-state index contributed by atoms with van der Waals surface area (Å²) in [6.07, 6.45) is 4.25. The van der Waals surface area contributed by atoms with E-state index in [0.717, 1.165) is 59.5 Å². The summed E-state index contributed by atoms with van der Waals surface area (Å²) in [5.41, 5.74) is 3.74. The lowest BCUT2D eigenvalue weighted by Crippen LogP contribution is -2.46. The van der Waals surface area contributed by atoms with E-state index in [-0.39, 0.29) is 5.82 Å². The number of likely N-dealkylation sites (tertiary alicyclic amines) is 1. The van der Waals surface area contributed by atoms with Crippen molar-refractivity contribution in [2.24, 2.45) is 0 Å². The normalized spacial score (nSPS) is 20.2. The number of hydrogen-bond donors (Lipinski definition) is 3. The fourth-order valence-corrected chi connectivity index (χ4v) is 5.51. The lowest BCUT2D eigenvalue weighted by atomic mass is 10.1. The number of halogens is 1. The highest BCUT2D eigenvalue weighted by Crippen LogP contribution is 2.28. The second-order valence-electron chi connectivity index (χ2n) is 8.85. The van der Waals surface area contributed by atoms with Crippen LogP contribution in [0.25, 0.3) is 5.69 Å². The third-order valence-electron chi connectivity index (χ3n) is 6.36. The van der Waals surface area contributed by atoms with Crippen molar-refractivity contribution in [3.05, 3.63) is 84.0 Å². The average molecular weight is 493 g/mol. The monoisotopic (exact) mass is 492 g/mol. The molecule has 0 spiro atoms. The summed E-state index contributed by atoms with van der Waals surface area (Å²) in [7, 11) is 2.13. The standard InChI is InChI=1S/C25H29FN8S/c1-32-11-10-22(13-32)33-17-35-14-23(24(33)27)25(31-20-6-4-19(26)5-7-20)29-12-18-2-8-21(9-3-18)34-16-28-15-30-34/h2-9,15-16,22,27,29,31H,10-14,17H2,1H3/b25-23+,27-24?. The molecule has 0 aliphatic carbocycles. The summed E-state index contributed by atoms with van der Waals surface area (Å²) in [6.45, 7) is 2.61. The highest BCUT2D eigenvalue weighted by molar-refractivity contribution is 7.99. The van der Waals surface area contributed by atoms with Gasteiger partial charge in [0, 0.05) is 36.1 Å². The van der Waals surface area contributed by atoms with Crippen LogP contribution in [0.5, 0.6) is 0 Å². The van der Waals surface area contributed by atoms with E-state index in [2.05, 4.69) is 37.6 Å². The second-order valence-corrected chi connectivity index (χ2v) is 9.80. The Morgan fingerprint density at radius 2 is 1.97 bits per heavy atom. The largest absolute Gasteiger partial charge is 0.367 e. The summed E-state index contributed by atoms with van der Waals surface area (Å²) < 4.78 is 15.2. The number of nitrogens with one attached hydrogen (secondary N) is 3. The molecule has 8 nitrogen and oxygen atoms in total. The maximum Gasteiger partial charge on any atom is 0.138 e. The van der Waals surface area contributed by atoms with E-state index in [4.69, 9.17) is 5.41 Å². The van der Waals surface area contributed by atoms with E-state index in [0.29, 0.717) is 18.4 Å². The minimum atomic E-state index is -0.275. The van der Waals surface area contributed by atoms with Gasteiger partial charge in [0.2, 0.25) is 0 Å². The third-order valence-corrected chi connectivity index (χ3v) is 7.31. The first-order chi connectivity index (χ1) is 17.1. The first kappa shape index (κ1) is 23.4. The summed E-state index contributed by atoms with van der Waals surface area (Å²) in [4.78, 5) is 8.53. The van der Waals surface area contributed by atoms with Crippen LogP contribution in [0.2, 0.25) is 0 Å². The first-order valence-corrected chi connectivity index (χ1v) is 12.8. The molecule has 2 aromatic carbocycles. The lowest BCUT2D eigenvalue weighted by Gasteiger charge is -2.36. The quantitative estimate of drug-likeness (QED) is 0.465. The third kappa shape index (κ3) is 5.49. The van der Waals surface area contributed by atoms with Gasteiger partial charge in [-0.25, -0.2) is 14.1 Å². The maximum atomic E-state index is 13.5. The molecule has 5 rings (SSSR count). The van der Waals surface area contributed by atoms with E-state index >= 15 is 0 Å². The van der Waals surface area contributed by atoms with E-state index < -0.39 is 0 Å². The molecule has 0 bridgehead atoms. The SMILES string of the molecule is CN1CCC(N2CSC/C(=C(/NCc3ccc(-n4cncn4)cc3)Nc3ccc(F)cc3)C2=N)C1. The Kier molecular flexibility index (Phi) is 7.01. The van der Waals surface area contributed by atoms with Crippen molar-refractivity contribution in [1.29, 1.82) is 5.41 Å². The zero-order valence-corrected chi connectivity index (χ0v) is 20.4. The Morgan fingerprint density at radius 3 is 2.66 bits per heavy atom. The molecule has 3 aromatic rings. The number of hydrogen-bond acceptors (Lipinski definition) is 7. The van der Waals surface area contributed by atoms with Crippen LogP contribution in [0.4, 0.5) is 10.1 Å². The Labute approximate surface area is 208 Å². The van der Waals surface area contributed by atoms with Gasteiger partial charge >= 0.3 is 0 Å². The van der Waals surface area contributed by atoms with Gasteiger partial charge < -0.3 is 20.4 Å². The van der Waals surface area contributed by atoms with Gasteiger partial charge in [-0.3, -0.25) is 5.41 Å². The van der Waals surface area contributed by atoms with Crippen LogP contribution in [0.1, 0.15) is 12.0 Å². The molecule has 1 unspecified atom stereocenters. The van der Waals surface area contributed by atoms with Crippen LogP contribution in [-0.2, 0) is 6.54 Å². The van der Waals surface area contributed by atoms with Crippen molar-refractivity contribution < 1.29 is 4.39 Å². The molecule has 1 atom stereocenters. The highest BCUT2D eigenvalue weighted by atomic mass is 32.2. The Morgan fingerprint density at radius 1 is 1.17 bits per heavy atom. The molecule has 0 amide bonds. The van der Waals surface area contributed by atoms with Gasteiger partial charge in [-0.05, 0) is 62.0 Å². The van der Waals surface area contributed by atoms with Crippen LogP contribution < -0.4 is 10.6 Å². The maximum absolute atomic E-state index is 13.5. The van der Waals surface area contributed by atoms with Gasteiger partial charge in [0.05, 0.1) is 11.6 Å². The number of amidine groups is 1. The molecule has 35 heavy (non-hydrogen) atoms. The molecular weight excluding hydrogens is 463 g/mol. The number of rotatable bonds is 7. The molecule has 3 heterocycles. The average Bonchev–Trinajstić information content (AvgIpc) is 3.56. The fourth-order valence-electron chi connectivity index (χ4n) is 4.40. The predicted octanol–water partition coefficient (Wildman–Crippen LogP) is 3.51. The van der Waals surface area contributed by atoms with E-state index in [1.165, 1.54) is 18.5 Å². The summed E-state index contributed by atoms with van der Waals surface area (Å²) >= 11 is 1.82. The summed E-state index contributed by atoms with van der Waals surface area (Å²) in [5.74, 6) is 2.63. The first-order valence-electron chi connectivity index (χ1n) is 11.6. The molecule has 2 fully saturated rings.